The Labute approximate surface area is 202 Å². The molecule has 0 aliphatic rings. The fourth-order valence-corrected chi connectivity index (χ4v) is 9.13. The van der Waals surface area contributed by atoms with E-state index in [1.165, 1.54) is 12.1 Å². The Hall–Kier alpha value is -3.94. The number of benzene rings is 4. The molecular formula is C28H22F3N2OP. The first-order valence-corrected chi connectivity index (χ1v) is 13.1. The van der Waals surface area contributed by atoms with Crippen LogP contribution in [0.2, 0.25) is 0 Å². The van der Waals surface area contributed by atoms with Crippen LogP contribution in [-0.4, -0.2) is 12.1 Å². The van der Waals surface area contributed by atoms with E-state index in [1.54, 1.807) is 6.07 Å². The molecule has 0 heterocycles. The van der Waals surface area contributed by atoms with Crippen molar-refractivity contribution in [2.75, 3.05) is 5.32 Å². The first-order valence-electron chi connectivity index (χ1n) is 10.9. The fraction of sp³-hybridized carbons (Fsp3) is 0.0714. The van der Waals surface area contributed by atoms with E-state index in [2.05, 4.69) is 4.85 Å². The summed E-state index contributed by atoms with van der Waals surface area (Å²) in [5.41, 5.74) is 0.834. The number of halogens is 3. The third-order valence-corrected chi connectivity index (χ3v) is 10.8. The van der Waals surface area contributed by atoms with Crippen LogP contribution in [0, 0.1) is 6.57 Å². The Bertz CT molecular complexity index is 1260. The van der Waals surface area contributed by atoms with Gasteiger partial charge in [0.05, 0.1) is 0 Å². The molecule has 0 aromatic heterocycles. The first-order chi connectivity index (χ1) is 16.8. The molecule has 4 rings (SSSR count). The van der Waals surface area contributed by atoms with Gasteiger partial charge >= 0.3 is 202 Å². The number of alkyl halides is 3. The van der Waals surface area contributed by atoms with Crippen LogP contribution in [0.5, 0.6) is 0 Å². The second kappa shape index (κ2) is 10.1. The molecule has 0 fully saturated rings. The van der Waals surface area contributed by atoms with E-state index < -0.39 is 19.3 Å². The molecule has 0 bridgehead atoms. The summed E-state index contributed by atoms with van der Waals surface area (Å²) >= 11 is 0. The molecule has 0 saturated carbocycles. The van der Waals surface area contributed by atoms with Crippen molar-refractivity contribution in [3.05, 3.63) is 126 Å². The summed E-state index contributed by atoms with van der Waals surface area (Å²) < 4.78 is 39.3. The third-order valence-electron chi connectivity index (χ3n) is 5.98. The molecule has 35 heavy (non-hydrogen) atoms. The van der Waals surface area contributed by atoms with Crippen molar-refractivity contribution in [1.82, 2.24) is 0 Å². The molecule has 176 valence electrons. The van der Waals surface area contributed by atoms with Crippen LogP contribution >= 0.6 is 7.26 Å². The number of nitrogens with one attached hydrogen (secondary N) is 1. The SMILES string of the molecule is [C-]#[N+]c1ccc(NC(=O)C(F)(F)F)c(C[PH](c2ccccc2)(c2ccccc2)c2ccccc2)c1. The molecule has 0 aliphatic heterocycles. The second-order valence-electron chi connectivity index (χ2n) is 8.09. The van der Waals surface area contributed by atoms with Crippen molar-refractivity contribution < 1.29 is 18.0 Å². The van der Waals surface area contributed by atoms with Gasteiger partial charge in [0.2, 0.25) is 0 Å². The van der Waals surface area contributed by atoms with E-state index in [1.807, 2.05) is 96.3 Å². The van der Waals surface area contributed by atoms with Crippen LogP contribution in [0.15, 0.2) is 109 Å². The molecule has 3 nitrogen and oxygen atoms in total. The number of carbonyl (C=O) groups excluding carboxylic acids is 1. The summed E-state index contributed by atoms with van der Waals surface area (Å²) in [5, 5.41) is 5.24. The van der Waals surface area contributed by atoms with Crippen LogP contribution < -0.4 is 21.2 Å². The Morgan fingerprint density at radius 1 is 0.771 bits per heavy atom. The number of anilines is 1. The number of rotatable bonds is 6. The molecular weight excluding hydrogens is 468 g/mol. The summed E-state index contributed by atoms with van der Waals surface area (Å²) in [6.07, 6.45) is -4.68. The van der Waals surface area contributed by atoms with Crippen molar-refractivity contribution in [2.45, 2.75) is 12.3 Å². The van der Waals surface area contributed by atoms with Crippen LogP contribution in [-0.2, 0) is 11.0 Å². The summed E-state index contributed by atoms with van der Waals surface area (Å²) in [4.78, 5) is 15.3. The van der Waals surface area contributed by atoms with Gasteiger partial charge in [-0.05, 0) is 0 Å². The van der Waals surface area contributed by atoms with E-state index >= 15 is 0 Å². The molecule has 4 aromatic rings. The number of nitrogens with zero attached hydrogens (tertiary/aromatic N) is 1. The molecule has 0 aliphatic carbocycles. The zero-order chi connectivity index (χ0) is 24.9. The number of carbonyl (C=O) groups is 1. The zero-order valence-corrected chi connectivity index (χ0v) is 19.6. The normalized spacial score (nSPS) is 11.9. The maximum atomic E-state index is 13.1. The average Bonchev–Trinajstić information content (AvgIpc) is 2.89. The summed E-state index contributed by atoms with van der Waals surface area (Å²) in [6.45, 7) is 7.44. The van der Waals surface area contributed by atoms with Gasteiger partial charge in [-0.25, -0.2) is 0 Å². The van der Waals surface area contributed by atoms with Crippen LogP contribution in [0.4, 0.5) is 24.5 Å². The van der Waals surface area contributed by atoms with Crippen LogP contribution in [0.25, 0.3) is 4.85 Å². The number of hydrogen-bond donors (Lipinski definition) is 1. The Morgan fingerprint density at radius 3 is 1.63 bits per heavy atom. The van der Waals surface area contributed by atoms with Crippen molar-refractivity contribution >= 4 is 40.5 Å². The zero-order valence-electron chi connectivity index (χ0n) is 18.6. The molecule has 1 N–H and O–H groups in total. The van der Waals surface area contributed by atoms with Gasteiger partial charge in [-0.1, -0.05) is 0 Å². The predicted molar refractivity (Wildman–Crippen MR) is 138 cm³/mol. The number of amides is 1. The van der Waals surface area contributed by atoms with E-state index in [-0.39, 0.29) is 5.69 Å². The summed E-state index contributed by atoms with van der Waals surface area (Å²) in [7, 11) is -2.86. The number of hydrogen-bond acceptors (Lipinski definition) is 1. The monoisotopic (exact) mass is 490 g/mol. The van der Waals surface area contributed by atoms with Crippen LogP contribution in [0.3, 0.4) is 0 Å². The second-order valence-corrected chi connectivity index (χ2v) is 12.0. The van der Waals surface area contributed by atoms with Crippen molar-refractivity contribution in [2.24, 2.45) is 0 Å². The Balaban J connectivity index is 1.98. The van der Waals surface area contributed by atoms with Gasteiger partial charge in [0.25, 0.3) is 0 Å². The van der Waals surface area contributed by atoms with Crippen molar-refractivity contribution in [3.8, 4) is 0 Å². The fourth-order valence-electron chi connectivity index (χ4n) is 4.37. The molecule has 0 atom stereocenters. The summed E-state index contributed by atoms with van der Waals surface area (Å²) in [5.74, 6) is -2.04. The van der Waals surface area contributed by atoms with Crippen molar-refractivity contribution in [3.63, 3.8) is 0 Å². The maximum absolute atomic E-state index is 13.1. The quantitative estimate of drug-likeness (QED) is 0.263. The van der Waals surface area contributed by atoms with Gasteiger partial charge in [-0.2, -0.15) is 0 Å². The molecule has 0 unspecified atom stereocenters. The molecule has 0 saturated heterocycles. The first kappa shape index (κ1) is 24.2. The van der Waals surface area contributed by atoms with Gasteiger partial charge in [-0.15, -0.1) is 0 Å². The van der Waals surface area contributed by atoms with Gasteiger partial charge in [0.1, 0.15) is 0 Å². The molecule has 0 radical (unpaired) electrons. The average molecular weight is 490 g/mol. The van der Waals surface area contributed by atoms with E-state index in [4.69, 9.17) is 6.57 Å². The van der Waals surface area contributed by atoms with Crippen LogP contribution in [0.1, 0.15) is 5.56 Å². The minimum atomic E-state index is -5.03. The minimum absolute atomic E-state index is 0.0550. The van der Waals surface area contributed by atoms with E-state index in [0.29, 0.717) is 17.4 Å². The third kappa shape index (κ3) is 5.11. The molecule has 4 aromatic carbocycles. The summed E-state index contributed by atoms with van der Waals surface area (Å²) in [6, 6.07) is 34.1. The van der Waals surface area contributed by atoms with E-state index in [0.717, 1.165) is 15.9 Å². The standard InChI is InChI=1S/C28H22F3N2OP/c1-32-22-17-18-26(33-27(34)28(29,30)31)21(19-22)20-35(23-11-5-2-6-12-23,24-13-7-3-8-14-24)25-15-9-4-10-16-25/h2-19,35H,20H2,(H,33,34). The topological polar surface area (TPSA) is 33.5 Å². The van der Waals surface area contributed by atoms with Gasteiger partial charge in [-0.3, -0.25) is 0 Å². The molecule has 1 amide bonds. The van der Waals surface area contributed by atoms with Gasteiger partial charge < -0.3 is 0 Å². The molecule has 0 spiro atoms. The Kier molecular flexibility index (Phi) is 7.00. The van der Waals surface area contributed by atoms with E-state index in [9.17, 15) is 18.0 Å². The van der Waals surface area contributed by atoms with Gasteiger partial charge in [0, 0.05) is 0 Å². The van der Waals surface area contributed by atoms with Gasteiger partial charge in [0.15, 0.2) is 0 Å². The van der Waals surface area contributed by atoms with Crippen molar-refractivity contribution in [1.29, 1.82) is 0 Å². The Morgan fingerprint density at radius 2 is 1.23 bits per heavy atom. The molecule has 7 heteroatoms. The predicted octanol–water partition coefficient (Wildman–Crippen LogP) is 5.96.